The lowest BCUT2D eigenvalue weighted by atomic mass is 9.80. The van der Waals surface area contributed by atoms with E-state index in [4.69, 9.17) is 28.2 Å². The highest BCUT2D eigenvalue weighted by atomic mass is 35.5. The molecule has 194 valence electrons. The number of likely N-dealkylation sites (tertiary alicyclic amines) is 1. The molecule has 0 spiro atoms. The van der Waals surface area contributed by atoms with Crippen LogP contribution in [0.1, 0.15) is 45.2 Å². The van der Waals surface area contributed by atoms with Crippen LogP contribution in [0.25, 0.3) is 10.2 Å². The predicted molar refractivity (Wildman–Crippen MR) is 149 cm³/mol. The molecule has 2 N–H and O–H groups in total. The van der Waals surface area contributed by atoms with Gasteiger partial charge in [0.05, 0.1) is 27.5 Å². The molecule has 2 aliphatic rings. The zero-order valence-corrected chi connectivity index (χ0v) is 23.2. The number of rotatable bonds is 7. The summed E-state index contributed by atoms with van der Waals surface area (Å²) in [6.07, 6.45) is 2.42. The van der Waals surface area contributed by atoms with Crippen LogP contribution in [0.3, 0.4) is 0 Å². The fourth-order valence-corrected chi connectivity index (χ4v) is 7.16. The van der Waals surface area contributed by atoms with Crippen LogP contribution in [-0.2, 0) is 0 Å². The monoisotopic (exact) mass is 550 g/mol. The molecule has 3 heterocycles. The van der Waals surface area contributed by atoms with Crippen molar-refractivity contribution >= 4 is 55.6 Å². The molecule has 0 amide bonds. The largest absolute Gasteiger partial charge is 0.389 e. The summed E-state index contributed by atoms with van der Waals surface area (Å²) in [5, 5.41) is 15.6. The van der Waals surface area contributed by atoms with Gasteiger partial charge in [-0.05, 0) is 81.8 Å². The number of benzene rings is 2. The first kappa shape index (κ1) is 26.0. The first-order chi connectivity index (χ1) is 17.1. The Balaban J connectivity index is 1.28. The maximum atomic E-state index is 15.0. The Hall–Kier alpha value is -1.64. The predicted octanol–water partition coefficient (Wildman–Crippen LogP) is 6.83. The van der Waals surface area contributed by atoms with Crippen molar-refractivity contribution in [3.63, 3.8) is 0 Å². The van der Waals surface area contributed by atoms with Crippen LogP contribution in [0.15, 0.2) is 30.3 Å². The Morgan fingerprint density at radius 1 is 1.19 bits per heavy atom. The fourth-order valence-electron chi connectivity index (χ4n) is 5.51. The number of halogens is 3. The molecular formula is C27H33Cl2FN4OS. The third-order valence-electron chi connectivity index (χ3n) is 7.28. The van der Waals surface area contributed by atoms with E-state index in [1.54, 1.807) is 18.2 Å². The molecule has 9 heteroatoms. The van der Waals surface area contributed by atoms with Crippen molar-refractivity contribution in [2.45, 2.75) is 45.3 Å². The summed E-state index contributed by atoms with van der Waals surface area (Å²) in [4.78, 5) is 9.56. The van der Waals surface area contributed by atoms with Crippen LogP contribution in [-0.4, -0.2) is 53.3 Å². The Labute approximate surface area is 226 Å². The highest BCUT2D eigenvalue weighted by Gasteiger charge is 2.37. The van der Waals surface area contributed by atoms with Crippen LogP contribution in [0.4, 0.5) is 15.2 Å². The summed E-state index contributed by atoms with van der Waals surface area (Å²) >= 11 is 14.0. The van der Waals surface area contributed by atoms with E-state index < -0.39 is 5.60 Å². The first-order valence-corrected chi connectivity index (χ1v) is 14.1. The zero-order valence-electron chi connectivity index (χ0n) is 20.9. The molecule has 36 heavy (non-hydrogen) atoms. The minimum absolute atomic E-state index is 0.202. The molecule has 1 aromatic heterocycles. The fraction of sp³-hybridized carbons (Fsp3) is 0.519. The average Bonchev–Trinajstić information content (AvgIpc) is 3.17. The number of nitrogens with one attached hydrogen (secondary N) is 1. The molecule has 2 aromatic carbocycles. The number of nitrogens with zero attached hydrogens (tertiary/aromatic N) is 3. The molecule has 0 saturated carbocycles. The minimum atomic E-state index is -0.661. The van der Waals surface area contributed by atoms with Gasteiger partial charge in [-0.3, -0.25) is 0 Å². The van der Waals surface area contributed by atoms with E-state index in [2.05, 4.69) is 15.1 Å². The minimum Gasteiger partial charge on any atom is -0.389 e. The van der Waals surface area contributed by atoms with E-state index >= 15 is 0 Å². The number of hydrogen-bond acceptors (Lipinski definition) is 6. The van der Waals surface area contributed by atoms with Crippen LogP contribution >= 0.6 is 34.5 Å². The van der Waals surface area contributed by atoms with Gasteiger partial charge < -0.3 is 20.2 Å². The standard InChI is InChI=1S/C27H33Cl2FN4OS/c1-16(20-7-6-19(28)11-21(20)29)31-24-22(30)8-9-23-25(24)36-26(32-23)34-13-18(14-34)17-5-4-10-33(12-17)15-27(2,3)35/h6-9,11,16-18,31,35H,4-5,10,12-15H2,1-3H3/t16-,17+/m1/s1. The quantitative estimate of drug-likeness (QED) is 0.337. The Bertz CT molecular complexity index is 1240. The second-order valence-corrected chi connectivity index (χ2v) is 12.7. The summed E-state index contributed by atoms with van der Waals surface area (Å²) in [7, 11) is 0. The second kappa shape index (κ2) is 10.3. The molecule has 5 nitrogen and oxygen atoms in total. The number of aliphatic hydroxyl groups is 1. The van der Waals surface area contributed by atoms with Crippen LogP contribution in [0.5, 0.6) is 0 Å². The van der Waals surface area contributed by atoms with Crippen molar-refractivity contribution < 1.29 is 9.50 Å². The number of thiazole rings is 1. The molecule has 0 aliphatic carbocycles. The second-order valence-electron chi connectivity index (χ2n) is 10.9. The van der Waals surface area contributed by atoms with E-state index in [0.29, 0.717) is 27.6 Å². The summed E-state index contributed by atoms with van der Waals surface area (Å²) in [6.45, 7) is 10.5. The molecule has 2 aliphatic heterocycles. The number of aromatic nitrogens is 1. The van der Waals surface area contributed by atoms with Crippen molar-refractivity contribution in [1.29, 1.82) is 0 Å². The highest BCUT2D eigenvalue weighted by Crippen LogP contribution is 2.41. The number of β-amino-alcohol motifs (C(OH)–C–C–N with tert-alkyl or cyclic N) is 1. The maximum absolute atomic E-state index is 15.0. The molecule has 2 saturated heterocycles. The van der Waals surface area contributed by atoms with Crippen LogP contribution in [0, 0.1) is 17.7 Å². The molecular weight excluding hydrogens is 518 g/mol. The van der Waals surface area contributed by atoms with Gasteiger partial charge in [0.1, 0.15) is 5.82 Å². The van der Waals surface area contributed by atoms with Gasteiger partial charge in [0.25, 0.3) is 0 Å². The molecule has 0 bridgehead atoms. The average molecular weight is 552 g/mol. The number of anilines is 2. The summed E-state index contributed by atoms with van der Waals surface area (Å²) in [5.74, 6) is 0.972. The summed E-state index contributed by atoms with van der Waals surface area (Å²) in [5.41, 5.74) is 1.46. The SMILES string of the molecule is C[C@@H](Nc1c(F)ccc2nc(N3CC([C@H]4CCCN(CC(C)(C)O)C4)C3)sc12)c1ccc(Cl)cc1Cl. The van der Waals surface area contributed by atoms with Gasteiger partial charge in [0.2, 0.25) is 0 Å². The topological polar surface area (TPSA) is 51.6 Å². The molecule has 0 unspecified atom stereocenters. The van der Waals surface area contributed by atoms with E-state index in [0.717, 1.165) is 53.6 Å². The van der Waals surface area contributed by atoms with Gasteiger partial charge in [0.15, 0.2) is 5.13 Å². The van der Waals surface area contributed by atoms with Crippen molar-refractivity contribution in [1.82, 2.24) is 9.88 Å². The van der Waals surface area contributed by atoms with Gasteiger partial charge in [-0.2, -0.15) is 0 Å². The number of hydrogen-bond donors (Lipinski definition) is 2. The lowest BCUT2D eigenvalue weighted by Crippen LogP contribution is -2.54. The molecule has 3 aromatic rings. The normalized spacial score (nSPS) is 20.5. The zero-order chi connectivity index (χ0) is 25.6. The van der Waals surface area contributed by atoms with Crippen LogP contribution < -0.4 is 10.2 Å². The maximum Gasteiger partial charge on any atom is 0.186 e. The highest BCUT2D eigenvalue weighted by molar-refractivity contribution is 7.22. The van der Waals surface area contributed by atoms with Gasteiger partial charge in [0, 0.05) is 36.2 Å². The van der Waals surface area contributed by atoms with E-state index in [9.17, 15) is 9.50 Å². The number of fused-ring (bicyclic) bond motifs is 1. The lowest BCUT2D eigenvalue weighted by Gasteiger charge is -2.47. The summed E-state index contributed by atoms with van der Waals surface area (Å²) in [6, 6.07) is 8.39. The van der Waals surface area contributed by atoms with E-state index in [1.165, 1.54) is 30.2 Å². The Morgan fingerprint density at radius 2 is 1.97 bits per heavy atom. The van der Waals surface area contributed by atoms with E-state index in [1.807, 2.05) is 26.8 Å². The molecule has 0 radical (unpaired) electrons. The third-order valence-corrected chi connectivity index (χ3v) is 9.00. The number of piperidine rings is 1. The van der Waals surface area contributed by atoms with E-state index in [-0.39, 0.29) is 11.9 Å². The van der Waals surface area contributed by atoms with Gasteiger partial charge >= 0.3 is 0 Å². The lowest BCUT2D eigenvalue weighted by molar-refractivity contribution is 0.0133. The summed E-state index contributed by atoms with van der Waals surface area (Å²) < 4.78 is 15.8. The Kier molecular flexibility index (Phi) is 7.40. The van der Waals surface area contributed by atoms with Gasteiger partial charge in [-0.15, -0.1) is 0 Å². The first-order valence-electron chi connectivity index (χ1n) is 12.6. The van der Waals surface area contributed by atoms with Crippen molar-refractivity contribution in [3.05, 3.63) is 51.8 Å². The van der Waals surface area contributed by atoms with Gasteiger partial charge in [-0.1, -0.05) is 40.6 Å². The molecule has 5 rings (SSSR count). The van der Waals surface area contributed by atoms with Gasteiger partial charge in [-0.25, -0.2) is 9.37 Å². The van der Waals surface area contributed by atoms with Crippen LogP contribution in [0.2, 0.25) is 10.0 Å². The van der Waals surface area contributed by atoms with Crippen molar-refractivity contribution in [3.8, 4) is 0 Å². The smallest absolute Gasteiger partial charge is 0.186 e. The third kappa shape index (κ3) is 5.60. The molecule has 2 fully saturated rings. The van der Waals surface area contributed by atoms with Crippen molar-refractivity contribution in [2.75, 3.05) is 42.9 Å². The Morgan fingerprint density at radius 3 is 2.69 bits per heavy atom. The van der Waals surface area contributed by atoms with Crippen molar-refractivity contribution in [2.24, 2.45) is 11.8 Å². The molecule has 2 atom stereocenters.